The quantitative estimate of drug-likeness (QED) is 0.483. The van der Waals surface area contributed by atoms with E-state index in [1.807, 2.05) is 19.1 Å². The van der Waals surface area contributed by atoms with E-state index in [9.17, 15) is 22.0 Å². The SMILES string of the molecule is Cc1ccc(S(=O)(=O)[C@H]2CCO[C@@H]2C(=O)N(Cc2ccc(Cl)cc2)C2CCC3(CC2)CC3(F)F)cc1. The molecule has 0 N–H and O–H groups in total. The van der Waals surface area contributed by atoms with Crippen LogP contribution in [0, 0.1) is 12.3 Å². The summed E-state index contributed by atoms with van der Waals surface area (Å²) < 4.78 is 60.7. The Morgan fingerprint density at radius 1 is 1.06 bits per heavy atom. The molecule has 1 heterocycles. The summed E-state index contributed by atoms with van der Waals surface area (Å²) in [6.07, 6.45) is 0.620. The van der Waals surface area contributed by atoms with Crippen molar-refractivity contribution in [2.75, 3.05) is 6.61 Å². The number of aryl methyl sites for hydroxylation is 1. The molecule has 2 aliphatic carbocycles. The second-order valence-electron chi connectivity index (χ2n) is 10.5. The van der Waals surface area contributed by atoms with Crippen LogP contribution in [0.1, 0.15) is 49.7 Å². The molecular weight excluding hydrogens is 508 g/mol. The van der Waals surface area contributed by atoms with Gasteiger partial charge in [0.25, 0.3) is 11.8 Å². The fourth-order valence-corrected chi connectivity index (χ4v) is 7.67. The summed E-state index contributed by atoms with van der Waals surface area (Å²) in [5.74, 6) is -3.02. The first-order valence-electron chi connectivity index (χ1n) is 12.4. The number of hydrogen-bond acceptors (Lipinski definition) is 4. The van der Waals surface area contributed by atoms with Crippen LogP contribution in [0.3, 0.4) is 0 Å². The zero-order valence-corrected chi connectivity index (χ0v) is 21.7. The van der Waals surface area contributed by atoms with Gasteiger partial charge in [0, 0.05) is 36.1 Å². The third-order valence-electron chi connectivity index (χ3n) is 8.14. The Labute approximate surface area is 215 Å². The molecule has 1 spiro atoms. The number of amides is 1. The summed E-state index contributed by atoms with van der Waals surface area (Å²) in [7, 11) is -3.81. The van der Waals surface area contributed by atoms with Gasteiger partial charge in [-0.3, -0.25) is 4.79 Å². The summed E-state index contributed by atoms with van der Waals surface area (Å²) >= 11 is 6.03. The minimum Gasteiger partial charge on any atom is -0.367 e. The molecule has 1 aliphatic heterocycles. The zero-order valence-electron chi connectivity index (χ0n) is 20.1. The molecule has 0 unspecified atom stereocenters. The van der Waals surface area contributed by atoms with E-state index >= 15 is 0 Å². The highest BCUT2D eigenvalue weighted by Gasteiger charge is 2.70. The number of carbonyl (C=O) groups excluding carboxylic acids is 1. The predicted octanol–water partition coefficient (Wildman–Crippen LogP) is 5.58. The first-order chi connectivity index (χ1) is 17.0. The fourth-order valence-electron chi connectivity index (χ4n) is 5.75. The maximum absolute atomic E-state index is 14.0. The van der Waals surface area contributed by atoms with Crippen LogP contribution in [0.4, 0.5) is 8.78 Å². The Morgan fingerprint density at radius 3 is 2.25 bits per heavy atom. The molecule has 5 rings (SSSR count). The topological polar surface area (TPSA) is 63.7 Å². The lowest BCUT2D eigenvalue weighted by molar-refractivity contribution is -0.145. The lowest BCUT2D eigenvalue weighted by Crippen LogP contribution is -2.50. The number of rotatable bonds is 6. The molecule has 1 amide bonds. The highest BCUT2D eigenvalue weighted by atomic mass is 35.5. The van der Waals surface area contributed by atoms with Crippen molar-refractivity contribution in [2.24, 2.45) is 5.41 Å². The maximum atomic E-state index is 14.0. The highest BCUT2D eigenvalue weighted by Crippen LogP contribution is 2.67. The standard InChI is InChI=1S/C27H30ClF2NO4S/c1-18-2-8-22(9-3-18)36(33,34)23-12-15-35-24(23)25(32)31(16-19-4-6-20(28)7-5-19)21-10-13-26(14-11-21)17-27(26,29)30/h2-9,21,23-24H,10-17H2,1H3/t21?,23-,24-,26?/m0/s1. The van der Waals surface area contributed by atoms with Crippen molar-refractivity contribution < 1.29 is 26.7 Å². The molecule has 0 aromatic heterocycles. The number of hydrogen-bond donors (Lipinski definition) is 0. The van der Waals surface area contributed by atoms with E-state index in [2.05, 4.69) is 0 Å². The zero-order chi connectivity index (χ0) is 25.7. The van der Waals surface area contributed by atoms with Gasteiger partial charge >= 0.3 is 0 Å². The van der Waals surface area contributed by atoms with Gasteiger partial charge in [0.15, 0.2) is 15.9 Å². The molecule has 2 atom stereocenters. The lowest BCUT2D eigenvalue weighted by Gasteiger charge is -2.39. The van der Waals surface area contributed by atoms with Gasteiger partial charge in [0.2, 0.25) is 0 Å². The average molecular weight is 538 g/mol. The van der Waals surface area contributed by atoms with Gasteiger partial charge in [0.1, 0.15) is 5.25 Å². The minimum atomic E-state index is -3.81. The average Bonchev–Trinajstić information content (AvgIpc) is 3.16. The maximum Gasteiger partial charge on any atom is 0.254 e. The third kappa shape index (κ3) is 4.68. The fraction of sp³-hybridized carbons (Fsp3) is 0.519. The molecule has 3 fully saturated rings. The highest BCUT2D eigenvalue weighted by molar-refractivity contribution is 7.92. The van der Waals surface area contributed by atoms with Gasteiger partial charge in [-0.05, 0) is 68.9 Å². The molecule has 2 aromatic rings. The largest absolute Gasteiger partial charge is 0.367 e. The van der Waals surface area contributed by atoms with Crippen LogP contribution in [0.2, 0.25) is 5.02 Å². The van der Waals surface area contributed by atoms with Crippen LogP contribution in [-0.2, 0) is 25.9 Å². The van der Waals surface area contributed by atoms with E-state index < -0.39 is 38.4 Å². The predicted molar refractivity (Wildman–Crippen MR) is 133 cm³/mol. The number of benzene rings is 2. The molecular formula is C27H30ClF2NO4S. The Morgan fingerprint density at radius 2 is 1.67 bits per heavy atom. The van der Waals surface area contributed by atoms with Crippen LogP contribution in [0.15, 0.2) is 53.4 Å². The molecule has 3 aliphatic rings. The number of carbonyl (C=O) groups is 1. The second kappa shape index (κ2) is 9.37. The number of nitrogens with zero attached hydrogens (tertiary/aromatic N) is 1. The van der Waals surface area contributed by atoms with Gasteiger partial charge in [-0.15, -0.1) is 0 Å². The first-order valence-corrected chi connectivity index (χ1v) is 14.3. The Hall–Kier alpha value is -2.03. The van der Waals surface area contributed by atoms with Gasteiger partial charge in [-0.1, -0.05) is 41.4 Å². The van der Waals surface area contributed by atoms with E-state index in [4.69, 9.17) is 16.3 Å². The number of alkyl halides is 2. The van der Waals surface area contributed by atoms with Gasteiger partial charge < -0.3 is 9.64 Å². The van der Waals surface area contributed by atoms with E-state index in [1.54, 1.807) is 41.3 Å². The van der Waals surface area contributed by atoms with E-state index in [1.165, 1.54) is 0 Å². The van der Waals surface area contributed by atoms with Crippen LogP contribution >= 0.6 is 11.6 Å². The van der Waals surface area contributed by atoms with Crippen LogP contribution in [0.5, 0.6) is 0 Å². The summed E-state index contributed by atoms with van der Waals surface area (Å²) in [6, 6.07) is 13.4. The molecule has 2 aromatic carbocycles. The van der Waals surface area contributed by atoms with Crippen LogP contribution < -0.4 is 0 Å². The van der Waals surface area contributed by atoms with Crippen LogP contribution in [0.25, 0.3) is 0 Å². The summed E-state index contributed by atoms with van der Waals surface area (Å²) in [6.45, 7) is 2.28. The lowest BCUT2D eigenvalue weighted by atomic mass is 9.82. The van der Waals surface area contributed by atoms with Crippen molar-refractivity contribution in [1.82, 2.24) is 4.90 Å². The summed E-state index contributed by atoms with van der Waals surface area (Å²) in [5.41, 5.74) is 0.843. The van der Waals surface area contributed by atoms with E-state index in [0.29, 0.717) is 30.7 Å². The summed E-state index contributed by atoms with van der Waals surface area (Å²) in [4.78, 5) is 15.8. The Kier molecular flexibility index (Phi) is 6.67. The monoisotopic (exact) mass is 537 g/mol. The van der Waals surface area contributed by atoms with E-state index in [-0.39, 0.29) is 36.9 Å². The Balaban J connectivity index is 1.40. The number of halogens is 3. The Bertz CT molecular complexity index is 1230. The van der Waals surface area contributed by atoms with E-state index in [0.717, 1.165) is 11.1 Å². The van der Waals surface area contributed by atoms with Crippen molar-refractivity contribution in [3.8, 4) is 0 Å². The van der Waals surface area contributed by atoms with Crippen molar-refractivity contribution in [2.45, 2.75) is 80.2 Å². The summed E-state index contributed by atoms with van der Waals surface area (Å²) in [5, 5.41) is -0.432. The van der Waals surface area contributed by atoms with Gasteiger partial charge in [-0.2, -0.15) is 0 Å². The molecule has 194 valence electrons. The van der Waals surface area contributed by atoms with Crippen LogP contribution in [-0.4, -0.2) is 49.2 Å². The van der Waals surface area contributed by atoms with Gasteiger partial charge in [-0.25, -0.2) is 17.2 Å². The van der Waals surface area contributed by atoms with Crippen molar-refractivity contribution in [3.63, 3.8) is 0 Å². The normalized spacial score (nSPS) is 29.3. The molecule has 36 heavy (non-hydrogen) atoms. The van der Waals surface area contributed by atoms with Crippen molar-refractivity contribution in [3.05, 3.63) is 64.7 Å². The minimum absolute atomic E-state index is 0.0829. The second-order valence-corrected chi connectivity index (χ2v) is 13.1. The first kappa shape index (κ1) is 25.6. The molecule has 9 heteroatoms. The van der Waals surface area contributed by atoms with Crippen molar-refractivity contribution in [1.29, 1.82) is 0 Å². The van der Waals surface area contributed by atoms with Crippen molar-refractivity contribution >= 4 is 27.3 Å². The number of ether oxygens (including phenoxy) is 1. The molecule has 0 bridgehead atoms. The molecule has 5 nitrogen and oxygen atoms in total. The molecule has 2 saturated carbocycles. The third-order valence-corrected chi connectivity index (χ3v) is 10.6. The molecule has 0 radical (unpaired) electrons. The smallest absolute Gasteiger partial charge is 0.254 e. The van der Waals surface area contributed by atoms with Gasteiger partial charge in [0.05, 0.1) is 4.90 Å². The number of sulfone groups is 1. The molecule has 1 saturated heterocycles.